The van der Waals surface area contributed by atoms with E-state index in [-0.39, 0.29) is 6.61 Å². The second-order valence-corrected chi connectivity index (χ2v) is 3.56. The van der Waals surface area contributed by atoms with Crippen molar-refractivity contribution in [3.63, 3.8) is 0 Å². The number of aromatic nitrogens is 3. The van der Waals surface area contributed by atoms with Gasteiger partial charge < -0.3 is 14.4 Å². The van der Waals surface area contributed by atoms with Crippen molar-refractivity contribution in [2.24, 2.45) is 0 Å². The molecule has 0 aliphatic carbocycles. The predicted molar refractivity (Wildman–Crippen MR) is 51.7 cm³/mol. The molecule has 0 unspecified atom stereocenters. The van der Waals surface area contributed by atoms with Crippen molar-refractivity contribution in [3.8, 4) is 0 Å². The maximum Gasteiger partial charge on any atom is 0.164 e. The standard InChI is InChI=1S/C9H17N3O2/c1-5-12-7(6-13)10-11-8(12)9(2,3)14-4/h13H,5-6H2,1-4H3. The Morgan fingerprint density at radius 1 is 1.43 bits per heavy atom. The molecule has 1 rings (SSSR count). The molecule has 1 aromatic heterocycles. The number of aliphatic hydroxyl groups excluding tert-OH is 1. The van der Waals surface area contributed by atoms with Gasteiger partial charge in [-0.3, -0.25) is 0 Å². The lowest BCUT2D eigenvalue weighted by molar-refractivity contribution is 0.00806. The lowest BCUT2D eigenvalue weighted by Crippen LogP contribution is -2.25. The van der Waals surface area contributed by atoms with Crippen molar-refractivity contribution in [3.05, 3.63) is 11.6 Å². The Balaban J connectivity index is 3.15. The molecular weight excluding hydrogens is 182 g/mol. The van der Waals surface area contributed by atoms with Gasteiger partial charge in [-0.15, -0.1) is 10.2 Å². The van der Waals surface area contributed by atoms with Gasteiger partial charge in [-0.1, -0.05) is 0 Å². The van der Waals surface area contributed by atoms with Crippen LogP contribution in [0.1, 0.15) is 32.4 Å². The molecule has 1 aromatic rings. The molecule has 5 heteroatoms. The summed E-state index contributed by atoms with van der Waals surface area (Å²) in [7, 11) is 1.63. The van der Waals surface area contributed by atoms with E-state index in [1.807, 2.05) is 25.3 Å². The summed E-state index contributed by atoms with van der Waals surface area (Å²) in [5.41, 5.74) is -0.476. The molecule has 0 amide bonds. The minimum absolute atomic E-state index is 0.0966. The molecule has 0 fully saturated rings. The largest absolute Gasteiger partial charge is 0.388 e. The minimum Gasteiger partial charge on any atom is -0.388 e. The maximum absolute atomic E-state index is 9.04. The van der Waals surface area contributed by atoms with E-state index in [1.54, 1.807) is 7.11 Å². The highest BCUT2D eigenvalue weighted by Crippen LogP contribution is 2.22. The van der Waals surface area contributed by atoms with Gasteiger partial charge in [-0.25, -0.2) is 0 Å². The topological polar surface area (TPSA) is 60.2 Å². The van der Waals surface area contributed by atoms with Crippen LogP contribution in [0.4, 0.5) is 0 Å². The molecule has 5 nitrogen and oxygen atoms in total. The van der Waals surface area contributed by atoms with E-state index >= 15 is 0 Å². The third-order valence-electron chi connectivity index (χ3n) is 2.33. The monoisotopic (exact) mass is 199 g/mol. The molecule has 0 bridgehead atoms. The average molecular weight is 199 g/mol. The summed E-state index contributed by atoms with van der Waals surface area (Å²) in [5.74, 6) is 1.32. The number of hydrogen-bond acceptors (Lipinski definition) is 4. The Morgan fingerprint density at radius 3 is 2.50 bits per heavy atom. The Morgan fingerprint density at radius 2 is 2.07 bits per heavy atom. The zero-order valence-electron chi connectivity index (χ0n) is 9.11. The molecule has 0 aromatic carbocycles. The van der Waals surface area contributed by atoms with E-state index < -0.39 is 5.60 Å². The molecule has 0 atom stereocenters. The van der Waals surface area contributed by atoms with Crippen LogP contribution in [0.5, 0.6) is 0 Å². The molecule has 80 valence electrons. The average Bonchev–Trinajstić information content (AvgIpc) is 2.60. The Labute approximate surface area is 83.7 Å². The Kier molecular flexibility index (Phi) is 3.23. The van der Waals surface area contributed by atoms with Gasteiger partial charge in [-0.2, -0.15) is 0 Å². The predicted octanol–water partition coefficient (Wildman–Crippen LogP) is 0.672. The fourth-order valence-corrected chi connectivity index (χ4v) is 1.32. The van der Waals surface area contributed by atoms with Crippen molar-refractivity contribution >= 4 is 0 Å². The molecule has 0 radical (unpaired) electrons. The first-order chi connectivity index (χ1) is 6.56. The summed E-state index contributed by atoms with van der Waals surface area (Å²) >= 11 is 0. The Bertz CT molecular complexity index is 307. The van der Waals surface area contributed by atoms with Gasteiger partial charge in [0.15, 0.2) is 11.6 Å². The van der Waals surface area contributed by atoms with Gasteiger partial charge in [0, 0.05) is 13.7 Å². The van der Waals surface area contributed by atoms with Crippen LogP contribution in [0.3, 0.4) is 0 Å². The molecular formula is C9H17N3O2. The summed E-state index contributed by atoms with van der Waals surface area (Å²) < 4.78 is 7.18. The van der Waals surface area contributed by atoms with Gasteiger partial charge >= 0.3 is 0 Å². The first-order valence-electron chi connectivity index (χ1n) is 4.65. The van der Waals surface area contributed by atoms with Gasteiger partial charge in [0.05, 0.1) is 0 Å². The summed E-state index contributed by atoms with van der Waals surface area (Å²) in [6.07, 6.45) is 0. The van der Waals surface area contributed by atoms with E-state index in [2.05, 4.69) is 10.2 Å². The highest BCUT2D eigenvalue weighted by Gasteiger charge is 2.27. The van der Waals surface area contributed by atoms with Crippen molar-refractivity contribution in [2.75, 3.05) is 7.11 Å². The molecule has 0 aliphatic heterocycles. The molecule has 0 aliphatic rings. The zero-order chi connectivity index (χ0) is 10.8. The van der Waals surface area contributed by atoms with Crippen LogP contribution in [0, 0.1) is 0 Å². The van der Waals surface area contributed by atoms with Crippen LogP contribution in [0.2, 0.25) is 0 Å². The SMILES string of the molecule is CCn1c(CO)nnc1C(C)(C)OC. The van der Waals surface area contributed by atoms with Crippen LogP contribution in [0.25, 0.3) is 0 Å². The third-order valence-corrected chi connectivity index (χ3v) is 2.33. The smallest absolute Gasteiger partial charge is 0.164 e. The number of methoxy groups -OCH3 is 1. The van der Waals surface area contributed by atoms with Crippen LogP contribution in [-0.4, -0.2) is 27.0 Å². The number of ether oxygens (including phenoxy) is 1. The first kappa shape index (κ1) is 11.1. The van der Waals surface area contributed by atoms with Crippen molar-refractivity contribution < 1.29 is 9.84 Å². The summed E-state index contributed by atoms with van der Waals surface area (Å²) in [4.78, 5) is 0. The number of nitrogens with zero attached hydrogens (tertiary/aromatic N) is 3. The highest BCUT2D eigenvalue weighted by molar-refractivity contribution is 5.03. The lowest BCUT2D eigenvalue weighted by atomic mass is 10.1. The molecule has 0 spiro atoms. The van der Waals surface area contributed by atoms with Crippen molar-refractivity contribution in [1.29, 1.82) is 0 Å². The van der Waals surface area contributed by atoms with Crippen LogP contribution in [-0.2, 0) is 23.5 Å². The minimum atomic E-state index is -0.476. The van der Waals surface area contributed by atoms with Gasteiger partial charge in [0.25, 0.3) is 0 Å². The molecule has 0 saturated heterocycles. The van der Waals surface area contributed by atoms with Gasteiger partial charge in [0.2, 0.25) is 0 Å². The third kappa shape index (κ3) is 1.78. The summed E-state index contributed by atoms with van der Waals surface area (Å²) in [6.45, 7) is 6.46. The quantitative estimate of drug-likeness (QED) is 0.774. The number of hydrogen-bond donors (Lipinski definition) is 1. The highest BCUT2D eigenvalue weighted by atomic mass is 16.5. The van der Waals surface area contributed by atoms with Gasteiger partial charge in [-0.05, 0) is 20.8 Å². The van der Waals surface area contributed by atoms with E-state index in [9.17, 15) is 0 Å². The molecule has 0 saturated carbocycles. The van der Waals surface area contributed by atoms with Crippen LogP contribution >= 0.6 is 0 Å². The fourth-order valence-electron chi connectivity index (χ4n) is 1.32. The normalized spacial score (nSPS) is 12.1. The summed E-state index contributed by atoms with van der Waals surface area (Å²) in [5, 5.41) is 17.0. The second-order valence-electron chi connectivity index (χ2n) is 3.56. The second kappa shape index (κ2) is 4.06. The lowest BCUT2D eigenvalue weighted by Gasteiger charge is -2.22. The number of rotatable bonds is 4. The molecule has 1 heterocycles. The molecule has 1 N–H and O–H groups in total. The Hall–Kier alpha value is -0.940. The van der Waals surface area contributed by atoms with Crippen LogP contribution < -0.4 is 0 Å². The van der Waals surface area contributed by atoms with Crippen LogP contribution in [0.15, 0.2) is 0 Å². The van der Waals surface area contributed by atoms with Crippen molar-refractivity contribution in [1.82, 2.24) is 14.8 Å². The first-order valence-corrected chi connectivity index (χ1v) is 4.65. The summed E-state index contributed by atoms with van der Waals surface area (Å²) in [6, 6.07) is 0. The zero-order valence-corrected chi connectivity index (χ0v) is 9.11. The maximum atomic E-state index is 9.04. The van der Waals surface area contributed by atoms with E-state index in [0.29, 0.717) is 5.82 Å². The fraction of sp³-hybridized carbons (Fsp3) is 0.778. The van der Waals surface area contributed by atoms with Crippen molar-refractivity contribution in [2.45, 2.75) is 39.5 Å². The number of aliphatic hydroxyl groups is 1. The van der Waals surface area contributed by atoms with E-state index in [4.69, 9.17) is 9.84 Å². The van der Waals surface area contributed by atoms with E-state index in [1.165, 1.54) is 0 Å². The molecule has 14 heavy (non-hydrogen) atoms. The van der Waals surface area contributed by atoms with E-state index in [0.717, 1.165) is 12.4 Å². The van der Waals surface area contributed by atoms with Gasteiger partial charge in [0.1, 0.15) is 12.2 Å².